The summed E-state index contributed by atoms with van der Waals surface area (Å²) in [6.45, 7) is 7.73. The molecule has 1 amide bonds. The number of carbonyl (C=O) groups excluding carboxylic acids is 1. The van der Waals surface area contributed by atoms with Crippen LogP contribution >= 0.6 is 0 Å². The first-order chi connectivity index (χ1) is 15.8. The third kappa shape index (κ3) is 6.49. The molecule has 33 heavy (non-hydrogen) atoms. The van der Waals surface area contributed by atoms with E-state index in [-0.39, 0.29) is 36.6 Å². The van der Waals surface area contributed by atoms with Gasteiger partial charge in [0, 0.05) is 24.1 Å². The maximum Gasteiger partial charge on any atom is 0.331 e. The molecule has 1 aliphatic rings. The number of carboxylic acids is 1. The van der Waals surface area contributed by atoms with Crippen molar-refractivity contribution in [3.05, 3.63) is 47.3 Å². The number of hydrogen-bond acceptors (Lipinski definition) is 7. The molecule has 3 atom stereocenters. The van der Waals surface area contributed by atoms with Crippen LogP contribution in [0, 0.1) is 6.92 Å². The zero-order valence-corrected chi connectivity index (χ0v) is 19.5. The number of ether oxygens (including phenoxy) is 1. The molecule has 0 aliphatic heterocycles. The summed E-state index contributed by atoms with van der Waals surface area (Å²) in [6.07, 6.45) is 2.82. The van der Waals surface area contributed by atoms with Crippen molar-refractivity contribution in [1.82, 2.24) is 20.8 Å². The molecule has 3 N–H and O–H groups in total. The van der Waals surface area contributed by atoms with Crippen LogP contribution in [0.1, 0.15) is 51.4 Å². The molecule has 3 rings (SSSR count). The van der Waals surface area contributed by atoms with Crippen LogP contribution in [0.25, 0.3) is 11.5 Å². The van der Waals surface area contributed by atoms with E-state index < -0.39 is 18.1 Å². The predicted molar refractivity (Wildman–Crippen MR) is 122 cm³/mol. The number of hydrogen-bond donors (Lipinski definition) is 3. The molecule has 1 aromatic carbocycles. The highest BCUT2D eigenvalue weighted by molar-refractivity contribution is 5.87. The average molecular weight is 457 g/mol. The van der Waals surface area contributed by atoms with Gasteiger partial charge in [-0.25, -0.2) is 4.79 Å². The third-order valence-electron chi connectivity index (χ3n) is 5.79. The molecular formula is C24H32N4O5. The number of carboxylic acid groups (broad SMARTS) is 1. The zero-order valence-electron chi connectivity index (χ0n) is 19.5. The lowest BCUT2D eigenvalue weighted by atomic mass is 9.87. The summed E-state index contributed by atoms with van der Waals surface area (Å²) in [5.41, 5.74) is 2.20. The molecule has 0 unspecified atom stereocenters. The van der Waals surface area contributed by atoms with E-state index in [2.05, 4.69) is 20.8 Å². The third-order valence-corrected chi connectivity index (χ3v) is 5.79. The Labute approximate surface area is 193 Å². The minimum Gasteiger partial charge on any atom is -0.478 e. The molecule has 1 heterocycles. The molecule has 0 radical (unpaired) electrons. The number of amides is 1. The van der Waals surface area contributed by atoms with E-state index in [4.69, 9.17) is 9.26 Å². The van der Waals surface area contributed by atoms with Crippen LogP contribution < -0.4 is 10.6 Å². The van der Waals surface area contributed by atoms with Gasteiger partial charge in [0.2, 0.25) is 5.91 Å². The molecule has 1 aliphatic carbocycles. The van der Waals surface area contributed by atoms with E-state index in [0.717, 1.165) is 24.0 Å². The van der Waals surface area contributed by atoms with Crippen molar-refractivity contribution < 1.29 is 24.0 Å². The Bertz CT molecular complexity index is 981. The average Bonchev–Trinajstić information content (AvgIpc) is 3.26. The first-order valence-corrected chi connectivity index (χ1v) is 11.3. The minimum atomic E-state index is -0.998. The van der Waals surface area contributed by atoms with Gasteiger partial charge in [-0.15, -0.1) is 0 Å². The van der Waals surface area contributed by atoms with Crippen LogP contribution in [0.15, 0.2) is 40.4 Å². The van der Waals surface area contributed by atoms with Gasteiger partial charge >= 0.3 is 5.97 Å². The van der Waals surface area contributed by atoms with Crippen LogP contribution in [0.5, 0.6) is 0 Å². The van der Waals surface area contributed by atoms with Crippen LogP contribution in [-0.2, 0) is 20.9 Å². The van der Waals surface area contributed by atoms with Crippen molar-refractivity contribution in [2.75, 3.05) is 0 Å². The molecule has 0 spiro atoms. The molecule has 178 valence electrons. The summed E-state index contributed by atoms with van der Waals surface area (Å²) >= 11 is 0. The molecule has 0 saturated heterocycles. The van der Waals surface area contributed by atoms with Crippen molar-refractivity contribution in [3.8, 4) is 11.5 Å². The molecule has 0 bridgehead atoms. The van der Waals surface area contributed by atoms with Crippen molar-refractivity contribution >= 4 is 11.9 Å². The Balaban J connectivity index is 1.77. The fraction of sp³-hybridized carbons (Fsp3) is 0.500. The first-order valence-electron chi connectivity index (χ1n) is 11.3. The number of carbonyl (C=O) groups is 2. The van der Waals surface area contributed by atoms with E-state index in [0.29, 0.717) is 11.7 Å². The number of rotatable bonds is 10. The Morgan fingerprint density at radius 3 is 2.55 bits per heavy atom. The van der Waals surface area contributed by atoms with E-state index in [1.54, 1.807) is 6.08 Å². The van der Waals surface area contributed by atoms with Gasteiger partial charge < -0.3 is 25.0 Å². The van der Waals surface area contributed by atoms with Crippen LogP contribution in [0.3, 0.4) is 0 Å². The van der Waals surface area contributed by atoms with Gasteiger partial charge in [0.1, 0.15) is 0 Å². The van der Waals surface area contributed by atoms with Crippen molar-refractivity contribution in [3.63, 3.8) is 0 Å². The van der Waals surface area contributed by atoms with E-state index in [1.165, 1.54) is 6.92 Å². The molecular weight excluding hydrogens is 424 g/mol. The number of aromatic nitrogens is 2. The Morgan fingerprint density at radius 1 is 1.24 bits per heavy atom. The minimum absolute atomic E-state index is 0.0365. The van der Waals surface area contributed by atoms with E-state index in [9.17, 15) is 14.7 Å². The van der Waals surface area contributed by atoms with Gasteiger partial charge in [-0.1, -0.05) is 36.7 Å². The molecule has 2 aromatic rings. The maximum atomic E-state index is 11.9. The van der Waals surface area contributed by atoms with Gasteiger partial charge in [-0.2, -0.15) is 4.98 Å². The summed E-state index contributed by atoms with van der Waals surface area (Å²) in [7, 11) is 0. The lowest BCUT2D eigenvalue weighted by Crippen LogP contribution is -2.58. The fourth-order valence-corrected chi connectivity index (χ4v) is 3.93. The van der Waals surface area contributed by atoms with Gasteiger partial charge in [-0.05, 0) is 44.4 Å². The number of aryl methyl sites for hydroxylation is 1. The summed E-state index contributed by atoms with van der Waals surface area (Å²) in [5, 5.41) is 19.9. The number of benzene rings is 1. The number of nitrogens with zero attached hydrogens (tertiary/aromatic N) is 2. The van der Waals surface area contributed by atoms with Gasteiger partial charge in [-0.3, -0.25) is 4.79 Å². The second kappa shape index (κ2) is 11.2. The molecule has 9 nitrogen and oxygen atoms in total. The highest BCUT2D eigenvalue weighted by Crippen LogP contribution is 2.25. The maximum absolute atomic E-state index is 11.9. The first kappa shape index (κ1) is 24.6. The molecule has 0 saturated carbocycles. The van der Waals surface area contributed by atoms with Crippen LogP contribution in [0.4, 0.5) is 0 Å². The Hall–Kier alpha value is -3.04. The normalized spacial score (nSPS) is 20.5. The van der Waals surface area contributed by atoms with Crippen LogP contribution in [0.2, 0.25) is 0 Å². The van der Waals surface area contributed by atoms with Gasteiger partial charge in [0.25, 0.3) is 5.89 Å². The predicted octanol–water partition coefficient (Wildman–Crippen LogP) is 3.00. The Morgan fingerprint density at radius 2 is 1.94 bits per heavy atom. The lowest BCUT2D eigenvalue weighted by molar-refractivity contribution is -0.133. The van der Waals surface area contributed by atoms with E-state index in [1.807, 2.05) is 45.0 Å². The van der Waals surface area contributed by atoms with Gasteiger partial charge in [0.05, 0.1) is 24.8 Å². The SMILES string of the molecule is CCC(CC)O[C@@H]1C=C(C(=O)O)C[C@H](NCc2noc(-c3ccc(C)cc3)n2)[C@H]1NC(C)=O. The second-order valence-electron chi connectivity index (χ2n) is 8.34. The summed E-state index contributed by atoms with van der Waals surface area (Å²) in [4.78, 5) is 28.1. The summed E-state index contributed by atoms with van der Waals surface area (Å²) in [6, 6.07) is 6.95. The summed E-state index contributed by atoms with van der Waals surface area (Å²) in [5.74, 6) is -0.355. The van der Waals surface area contributed by atoms with Crippen molar-refractivity contribution in [1.29, 1.82) is 0 Å². The number of nitrogens with one attached hydrogen (secondary N) is 2. The largest absolute Gasteiger partial charge is 0.478 e. The Kier molecular flexibility index (Phi) is 8.35. The quantitative estimate of drug-likeness (QED) is 0.498. The standard InChI is InChI=1S/C24H32N4O5/c1-5-18(6-2)32-20-12-17(24(30)31)11-19(22(20)26-15(4)29)25-13-21-27-23(33-28-21)16-9-7-14(3)8-10-16/h7-10,12,18-20,22,25H,5-6,11,13H2,1-4H3,(H,26,29)(H,30,31)/t19-,20+,22+/m0/s1. The van der Waals surface area contributed by atoms with Gasteiger partial charge in [0.15, 0.2) is 5.82 Å². The molecule has 0 fully saturated rings. The monoisotopic (exact) mass is 456 g/mol. The summed E-state index contributed by atoms with van der Waals surface area (Å²) < 4.78 is 11.6. The lowest BCUT2D eigenvalue weighted by Gasteiger charge is -2.38. The molecule has 9 heteroatoms. The highest BCUT2D eigenvalue weighted by Gasteiger charge is 2.37. The van der Waals surface area contributed by atoms with E-state index >= 15 is 0 Å². The topological polar surface area (TPSA) is 127 Å². The zero-order chi connectivity index (χ0) is 24.0. The second-order valence-corrected chi connectivity index (χ2v) is 8.34. The number of aliphatic carboxylic acids is 1. The molecule has 1 aromatic heterocycles. The van der Waals surface area contributed by atoms with Crippen molar-refractivity contribution in [2.45, 2.75) is 77.8 Å². The van der Waals surface area contributed by atoms with Crippen LogP contribution in [-0.4, -0.2) is 51.4 Å². The fourth-order valence-electron chi connectivity index (χ4n) is 3.93. The highest BCUT2D eigenvalue weighted by atomic mass is 16.5. The smallest absolute Gasteiger partial charge is 0.331 e. The van der Waals surface area contributed by atoms with Crippen molar-refractivity contribution in [2.24, 2.45) is 0 Å².